The Hall–Kier alpha value is -3.92. The summed E-state index contributed by atoms with van der Waals surface area (Å²) in [4.78, 5) is 21.5. The fourth-order valence-corrected chi connectivity index (χ4v) is 6.67. The number of morpholine rings is 1. The molecule has 1 amide bonds. The number of carbonyl (C=O) groups excluding carboxylic acids is 1. The smallest absolute Gasteiger partial charge is 0.226 e. The number of halogens is 1. The van der Waals surface area contributed by atoms with Gasteiger partial charge in [-0.2, -0.15) is 0 Å². The molecule has 0 radical (unpaired) electrons. The standard InChI is InChI=1S/C34H37ClN6O2S/c1-21(2)33(42)37-29-13-12-26(20-28(29)35)41-32(31(38-34(41)44)30-7-5-6-14-36-30)27-19-22(3)40(23(27)4)25-10-8-24(9-11-25)39-15-17-43-18-16-39/h5-14,19-21,31-32H,15-18H2,1-4H3,(H,37,42)(H,38,44)/t31-,32+/m0/s1. The van der Waals surface area contributed by atoms with Crippen molar-refractivity contribution in [3.05, 3.63) is 101 Å². The Kier molecular flexibility index (Phi) is 8.62. The molecule has 2 N–H and O–H groups in total. The number of hydrogen-bond acceptors (Lipinski definition) is 5. The molecule has 10 heteroatoms. The van der Waals surface area contributed by atoms with E-state index in [1.807, 2.05) is 56.4 Å². The van der Waals surface area contributed by atoms with Crippen LogP contribution in [-0.4, -0.2) is 46.9 Å². The Morgan fingerprint density at radius 2 is 1.73 bits per heavy atom. The Morgan fingerprint density at radius 3 is 2.39 bits per heavy atom. The minimum absolute atomic E-state index is 0.0866. The average molecular weight is 629 g/mol. The average Bonchev–Trinajstić information content (AvgIpc) is 3.53. The fourth-order valence-electron chi connectivity index (χ4n) is 6.10. The Bertz CT molecular complexity index is 1670. The van der Waals surface area contributed by atoms with Crippen molar-refractivity contribution in [2.45, 2.75) is 39.8 Å². The van der Waals surface area contributed by atoms with Gasteiger partial charge in [0, 0.05) is 53.7 Å². The van der Waals surface area contributed by atoms with Gasteiger partial charge in [0.05, 0.1) is 41.7 Å². The zero-order chi connectivity index (χ0) is 31.0. The van der Waals surface area contributed by atoms with E-state index in [1.54, 1.807) is 0 Å². The molecule has 2 aromatic heterocycles. The molecule has 2 atom stereocenters. The largest absolute Gasteiger partial charge is 0.378 e. The maximum atomic E-state index is 12.4. The highest BCUT2D eigenvalue weighted by molar-refractivity contribution is 7.80. The first-order valence-electron chi connectivity index (χ1n) is 15.0. The normalized spacial score (nSPS) is 18.5. The summed E-state index contributed by atoms with van der Waals surface area (Å²) in [6.45, 7) is 11.3. The van der Waals surface area contributed by atoms with Crippen molar-refractivity contribution in [3.8, 4) is 5.69 Å². The predicted octanol–water partition coefficient (Wildman–Crippen LogP) is 6.75. The number of nitrogens with one attached hydrogen (secondary N) is 2. The molecule has 0 bridgehead atoms. The summed E-state index contributed by atoms with van der Waals surface area (Å²) in [6.07, 6.45) is 1.81. The van der Waals surface area contributed by atoms with Crippen LogP contribution in [0, 0.1) is 19.8 Å². The number of carbonyl (C=O) groups is 1. The number of aryl methyl sites for hydroxylation is 1. The number of benzene rings is 2. The van der Waals surface area contributed by atoms with Crippen molar-refractivity contribution >= 4 is 51.9 Å². The van der Waals surface area contributed by atoms with E-state index >= 15 is 0 Å². The summed E-state index contributed by atoms with van der Waals surface area (Å²) < 4.78 is 7.83. The summed E-state index contributed by atoms with van der Waals surface area (Å²) >= 11 is 12.7. The van der Waals surface area contributed by atoms with Gasteiger partial charge in [-0.25, -0.2) is 0 Å². The van der Waals surface area contributed by atoms with E-state index in [0.717, 1.165) is 60.3 Å². The molecule has 0 unspecified atom stereocenters. The first kappa shape index (κ1) is 30.1. The topological polar surface area (TPSA) is 74.7 Å². The molecular weight excluding hydrogens is 592 g/mol. The molecule has 4 heterocycles. The van der Waals surface area contributed by atoms with Gasteiger partial charge in [-0.3, -0.25) is 9.78 Å². The van der Waals surface area contributed by atoms with Crippen LogP contribution in [0.3, 0.4) is 0 Å². The summed E-state index contributed by atoms with van der Waals surface area (Å²) in [6, 6.07) is 22.2. The van der Waals surface area contributed by atoms with Gasteiger partial charge in [-0.15, -0.1) is 0 Å². The van der Waals surface area contributed by atoms with Crippen molar-refractivity contribution in [3.63, 3.8) is 0 Å². The third kappa shape index (κ3) is 5.79. The first-order chi connectivity index (χ1) is 21.2. The zero-order valence-corrected chi connectivity index (χ0v) is 27.0. The molecular formula is C34H37ClN6O2S. The zero-order valence-electron chi connectivity index (χ0n) is 25.4. The minimum Gasteiger partial charge on any atom is -0.378 e. The second-order valence-corrected chi connectivity index (χ2v) is 12.4. The highest BCUT2D eigenvalue weighted by Crippen LogP contribution is 2.45. The fraction of sp³-hybridized carbons (Fsp3) is 0.324. The van der Waals surface area contributed by atoms with Crippen LogP contribution < -0.4 is 20.4 Å². The number of amides is 1. The number of anilines is 3. The van der Waals surface area contributed by atoms with Gasteiger partial charge < -0.3 is 29.7 Å². The molecule has 44 heavy (non-hydrogen) atoms. The van der Waals surface area contributed by atoms with E-state index in [4.69, 9.17) is 33.5 Å². The molecule has 0 spiro atoms. The minimum atomic E-state index is -0.197. The second kappa shape index (κ2) is 12.6. The van der Waals surface area contributed by atoms with Crippen LogP contribution in [0.2, 0.25) is 5.02 Å². The molecule has 2 aliphatic rings. The lowest BCUT2D eigenvalue weighted by Gasteiger charge is -2.29. The third-order valence-corrected chi connectivity index (χ3v) is 9.01. The lowest BCUT2D eigenvalue weighted by molar-refractivity contribution is -0.118. The molecule has 228 valence electrons. The molecule has 6 rings (SSSR count). The predicted molar refractivity (Wildman–Crippen MR) is 181 cm³/mol. The van der Waals surface area contributed by atoms with Crippen LogP contribution in [0.5, 0.6) is 0 Å². The quantitative estimate of drug-likeness (QED) is 0.219. The van der Waals surface area contributed by atoms with E-state index in [1.165, 1.54) is 5.69 Å². The Balaban J connectivity index is 1.39. The molecule has 0 saturated carbocycles. The highest BCUT2D eigenvalue weighted by Gasteiger charge is 2.42. The number of pyridine rings is 1. The summed E-state index contributed by atoms with van der Waals surface area (Å²) in [5.41, 5.74) is 7.99. The SMILES string of the molecule is Cc1cc([C@@H]2[C@H](c3ccccn3)NC(=S)N2c2ccc(NC(=O)C(C)C)c(Cl)c2)c(C)n1-c1ccc(N2CCOCC2)cc1. The van der Waals surface area contributed by atoms with Gasteiger partial charge in [0.25, 0.3) is 0 Å². The van der Waals surface area contributed by atoms with Crippen LogP contribution in [-0.2, 0) is 9.53 Å². The van der Waals surface area contributed by atoms with Crippen LogP contribution in [0.25, 0.3) is 5.69 Å². The molecule has 0 aliphatic carbocycles. The summed E-state index contributed by atoms with van der Waals surface area (Å²) in [5, 5.41) is 7.50. The number of rotatable bonds is 7. The molecule has 8 nitrogen and oxygen atoms in total. The molecule has 2 fully saturated rings. The highest BCUT2D eigenvalue weighted by atomic mass is 35.5. The lowest BCUT2D eigenvalue weighted by atomic mass is 9.96. The second-order valence-electron chi connectivity index (χ2n) is 11.6. The van der Waals surface area contributed by atoms with Gasteiger partial charge in [0.2, 0.25) is 5.91 Å². The summed E-state index contributed by atoms with van der Waals surface area (Å²) in [5.74, 6) is -0.244. The first-order valence-corrected chi connectivity index (χ1v) is 15.7. The van der Waals surface area contributed by atoms with E-state index in [2.05, 4.69) is 69.2 Å². The maximum Gasteiger partial charge on any atom is 0.226 e. The van der Waals surface area contributed by atoms with Crippen LogP contribution in [0.4, 0.5) is 17.1 Å². The monoisotopic (exact) mass is 628 g/mol. The van der Waals surface area contributed by atoms with Crippen molar-refractivity contribution in [2.24, 2.45) is 5.92 Å². The number of ether oxygens (including phenoxy) is 1. The maximum absolute atomic E-state index is 12.4. The van der Waals surface area contributed by atoms with Gasteiger partial charge >= 0.3 is 0 Å². The Labute approximate surface area is 269 Å². The van der Waals surface area contributed by atoms with Crippen molar-refractivity contribution < 1.29 is 9.53 Å². The van der Waals surface area contributed by atoms with Crippen LogP contribution >= 0.6 is 23.8 Å². The molecule has 2 saturated heterocycles. The molecule has 2 aliphatic heterocycles. The lowest BCUT2D eigenvalue weighted by Crippen LogP contribution is -2.36. The van der Waals surface area contributed by atoms with E-state index < -0.39 is 0 Å². The van der Waals surface area contributed by atoms with Crippen molar-refractivity contribution in [1.82, 2.24) is 14.9 Å². The van der Waals surface area contributed by atoms with Gasteiger partial charge in [-0.1, -0.05) is 31.5 Å². The number of nitrogens with zero attached hydrogens (tertiary/aromatic N) is 4. The van der Waals surface area contributed by atoms with Crippen molar-refractivity contribution in [2.75, 3.05) is 41.4 Å². The number of aromatic nitrogens is 2. The van der Waals surface area contributed by atoms with Gasteiger partial charge in [0.1, 0.15) is 0 Å². The number of hydrogen-bond donors (Lipinski definition) is 2. The summed E-state index contributed by atoms with van der Waals surface area (Å²) in [7, 11) is 0. The molecule has 2 aromatic carbocycles. The van der Waals surface area contributed by atoms with Crippen LogP contribution in [0.15, 0.2) is 72.9 Å². The third-order valence-electron chi connectivity index (χ3n) is 8.38. The van der Waals surface area contributed by atoms with E-state index in [-0.39, 0.29) is 23.9 Å². The van der Waals surface area contributed by atoms with Gasteiger partial charge in [0.15, 0.2) is 5.11 Å². The van der Waals surface area contributed by atoms with Crippen molar-refractivity contribution in [1.29, 1.82) is 0 Å². The van der Waals surface area contributed by atoms with E-state index in [0.29, 0.717) is 15.8 Å². The van der Waals surface area contributed by atoms with Gasteiger partial charge in [-0.05, 0) is 92.3 Å². The number of thiocarbonyl (C=S) groups is 1. The van der Waals surface area contributed by atoms with E-state index in [9.17, 15) is 4.79 Å². The van der Waals surface area contributed by atoms with Crippen LogP contribution in [0.1, 0.15) is 48.6 Å². The molecule has 4 aromatic rings. The Morgan fingerprint density at radius 1 is 1.02 bits per heavy atom.